The first kappa shape index (κ1) is 10.4. The van der Waals surface area contributed by atoms with Gasteiger partial charge < -0.3 is 15.8 Å². The number of aromatic amines is 1. The summed E-state index contributed by atoms with van der Waals surface area (Å²) in [4.78, 5) is 14.4. The molecule has 76 valence electrons. The Morgan fingerprint density at radius 3 is 2.57 bits per heavy atom. The molecule has 14 heavy (non-hydrogen) atoms. The third kappa shape index (κ3) is 2.67. The maximum Gasteiger partial charge on any atom is 0.182 e. The highest BCUT2D eigenvalue weighted by Crippen LogP contribution is 2.09. The molecule has 0 aliphatic rings. The first-order valence-corrected chi connectivity index (χ1v) is 4.19. The molecule has 2 aromatic rings. The van der Waals surface area contributed by atoms with E-state index in [1.807, 2.05) is 0 Å². The molecule has 0 saturated carbocycles. The number of fused-ring (bicyclic) bond motifs is 1. The summed E-state index contributed by atoms with van der Waals surface area (Å²) >= 11 is 0. The van der Waals surface area contributed by atoms with Gasteiger partial charge in [-0.2, -0.15) is 0 Å². The number of imidazole rings is 1. The van der Waals surface area contributed by atoms with Crippen LogP contribution in [0, 0.1) is 0 Å². The summed E-state index contributed by atoms with van der Waals surface area (Å²) in [5.41, 5.74) is 6.78. The molecule has 0 amide bonds. The van der Waals surface area contributed by atoms with Gasteiger partial charge >= 0.3 is 0 Å². The fourth-order valence-corrected chi connectivity index (χ4v) is 0.784. The van der Waals surface area contributed by atoms with E-state index in [-0.39, 0.29) is 6.10 Å². The fraction of sp³-hybridized carbons (Fsp3) is 0.375. The Bertz CT molecular complexity index is 395. The summed E-state index contributed by atoms with van der Waals surface area (Å²) in [5, 5.41) is 8.06. The van der Waals surface area contributed by atoms with E-state index in [2.05, 4.69) is 19.9 Å². The van der Waals surface area contributed by atoms with E-state index in [9.17, 15) is 0 Å². The second-order valence-electron chi connectivity index (χ2n) is 2.95. The van der Waals surface area contributed by atoms with Crippen LogP contribution in [0.2, 0.25) is 0 Å². The second-order valence-corrected chi connectivity index (χ2v) is 2.95. The molecule has 4 N–H and O–H groups in total. The summed E-state index contributed by atoms with van der Waals surface area (Å²) in [5.74, 6) is 0.433. The van der Waals surface area contributed by atoms with Gasteiger partial charge in [-0.15, -0.1) is 0 Å². The molecule has 2 rings (SSSR count). The zero-order valence-corrected chi connectivity index (χ0v) is 8.10. The van der Waals surface area contributed by atoms with E-state index in [4.69, 9.17) is 10.8 Å². The molecule has 0 aliphatic heterocycles. The van der Waals surface area contributed by atoms with Crippen LogP contribution in [0.25, 0.3) is 11.2 Å². The number of hydrogen-bond donors (Lipinski definition) is 3. The van der Waals surface area contributed by atoms with Crippen molar-refractivity contribution in [1.29, 1.82) is 0 Å². The van der Waals surface area contributed by atoms with Gasteiger partial charge in [-0.1, -0.05) is 0 Å². The lowest BCUT2D eigenvalue weighted by atomic mass is 10.5. The summed E-state index contributed by atoms with van der Waals surface area (Å²) in [6.45, 7) is 3.44. The molecule has 0 spiro atoms. The van der Waals surface area contributed by atoms with Crippen LogP contribution in [0.1, 0.15) is 13.8 Å². The number of hydrogen-bond acceptors (Lipinski definition) is 5. The Kier molecular flexibility index (Phi) is 3.35. The van der Waals surface area contributed by atoms with Crippen LogP contribution in [0.5, 0.6) is 0 Å². The number of rotatable bonds is 0. The highest BCUT2D eigenvalue weighted by atomic mass is 16.3. The lowest BCUT2D eigenvalue weighted by molar-refractivity contribution is 0.216. The maximum atomic E-state index is 8.06. The number of aromatic nitrogens is 4. The van der Waals surface area contributed by atoms with Gasteiger partial charge in [0.2, 0.25) is 0 Å². The molecular weight excluding hydrogens is 182 g/mol. The van der Waals surface area contributed by atoms with E-state index < -0.39 is 0 Å². The Balaban J connectivity index is 0.000000213. The number of H-pyrrole nitrogens is 1. The monoisotopic (exact) mass is 195 g/mol. The van der Waals surface area contributed by atoms with Gasteiger partial charge in [0.05, 0.1) is 6.33 Å². The maximum absolute atomic E-state index is 8.06. The number of nitrogens with zero attached hydrogens (tertiary/aromatic N) is 3. The molecule has 0 bridgehead atoms. The van der Waals surface area contributed by atoms with E-state index in [0.717, 1.165) is 0 Å². The third-order valence-corrected chi connectivity index (χ3v) is 1.25. The van der Waals surface area contributed by atoms with Gasteiger partial charge in [-0.3, -0.25) is 0 Å². The Hall–Kier alpha value is -1.69. The Morgan fingerprint density at radius 2 is 2.00 bits per heavy atom. The van der Waals surface area contributed by atoms with Crippen molar-refractivity contribution < 1.29 is 5.11 Å². The summed E-state index contributed by atoms with van der Waals surface area (Å²) < 4.78 is 0. The molecule has 0 radical (unpaired) electrons. The number of nitrogens with one attached hydrogen (secondary N) is 1. The Morgan fingerprint density at radius 1 is 1.36 bits per heavy atom. The molecule has 0 aromatic carbocycles. The average Bonchev–Trinajstić information content (AvgIpc) is 2.52. The number of aliphatic hydroxyl groups excluding tert-OH is 1. The minimum atomic E-state index is -0.167. The normalized spacial score (nSPS) is 10.0. The predicted molar refractivity (Wildman–Crippen MR) is 53.5 cm³/mol. The molecule has 0 saturated heterocycles. The highest BCUT2D eigenvalue weighted by Gasteiger charge is 1.99. The molecule has 2 aromatic heterocycles. The summed E-state index contributed by atoms with van der Waals surface area (Å²) in [6.07, 6.45) is 2.76. The summed E-state index contributed by atoms with van der Waals surface area (Å²) in [7, 11) is 0. The second kappa shape index (κ2) is 4.52. The van der Waals surface area contributed by atoms with Gasteiger partial charge in [0.25, 0.3) is 0 Å². The molecule has 6 heteroatoms. The van der Waals surface area contributed by atoms with Crippen LogP contribution in [0.4, 0.5) is 5.82 Å². The number of anilines is 1. The van der Waals surface area contributed by atoms with E-state index in [1.165, 1.54) is 12.7 Å². The molecule has 0 aliphatic carbocycles. The SMILES string of the molecule is CC(C)O.Nc1ncnc2nc[nH]c12. The van der Waals surface area contributed by atoms with Crippen LogP contribution < -0.4 is 5.73 Å². The van der Waals surface area contributed by atoms with Crippen LogP contribution >= 0.6 is 0 Å². The van der Waals surface area contributed by atoms with Crippen molar-refractivity contribution >= 4 is 17.0 Å². The van der Waals surface area contributed by atoms with Crippen molar-refractivity contribution in [2.24, 2.45) is 0 Å². The third-order valence-electron chi connectivity index (χ3n) is 1.25. The average molecular weight is 195 g/mol. The zero-order valence-electron chi connectivity index (χ0n) is 8.10. The topological polar surface area (TPSA) is 101 Å². The van der Waals surface area contributed by atoms with Crippen molar-refractivity contribution in [3.63, 3.8) is 0 Å². The number of aliphatic hydroxyl groups is 1. The molecule has 2 heterocycles. The van der Waals surface area contributed by atoms with Crippen molar-refractivity contribution in [3.8, 4) is 0 Å². The van der Waals surface area contributed by atoms with E-state index >= 15 is 0 Å². The van der Waals surface area contributed by atoms with Crippen molar-refractivity contribution in [2.75, 3.05) is 5.73 Å². The van der Waals surface area contributed by atoms with Gasteiger partial charge in [-0.25, -0.2) is 15.0 Å². The first-order chi connectivity index (χ1) is 6.61. The van der Waals surface area contributed by atoms with E-state index in [1.54, 1.807) is 13.8 Å². The largest absolute Gasteiger partial charge is 0.394 e. The standard InChI is InChI=1S/C5H5N5.C3H8O/c6-4-3-5(9-1-7-3)10-2-8-4;1-3(2)4/h1-2H,(H3,6,7,8,9,10);3-4H,1-2H3. The molecule has 0 atom stereocenters. The minimum absolute atomic E-state index is 0.167. The molecule has 0 fully saturated rings. The molecule has 0 unspecified atom stereocenters. The predicted octanol–water partition coefficient (Wildman–Crippen LogP) is 0.322. The van der Waals surface area contributed by atoms with Gasteiger partial charge in [0.1, 0.15) is 11.8 Å². The van der Waals surface area contributed by atoms with Gasteiger partial charge in [0.15, 0.2) is 11.5 Å². The lowest BCUT2D eigenvalue weighted by Crippen LogP contribution is -1.91. The minimum Gasteiger partial charge on any atom is -0.394 e. The smallest absolute Gasteiger partial charge is 0.182 e. The fourth-order valence-electron chi connectivity index (χ4n) is 0.784. The zero-order chi connectivity index (χ0) is 10.6. The van der Waals surface area contributed by atoms with Crippen molar-refractivity contribution in [1.82, 2.24) is 19.9 Å². The van der Waals surface area contributed by atoms with Gasteiger partial charge in [0, 0.05) is 6.10 Å². The highest BCUT2D eigenvalue weighted by molar-refractivity contribution is 5.80. The summed E-state index contributed by atoms with van der Waals surface area (Å²) in [6, 6.07) is 0. The lowest BCUT2D eigenvalue weighted by Gasteiger charge is -1.89. The quantitative estimate of drug-likeness (QED) is 0.562. The van der Waals surface area contributed by atoms with E-state index in [0.29, 0.717) is 17.0 Å². The van der Waals surface area contributed by atoms with Crippen LogP contribution in [-0.4, -0.2) is 31.1 Å². The number of nitrogen functional groups attached to an aromatic ring is 1. The first-order valence-electron chi connectivity index (χ1n) is 4.19. The number of nitrogens with two attached hydrogens (primary N) is 1. The van der Waals surface area contributed by atoms with Crippen molar-refractivity contribution in [3.05, 3.63) is 12.7 Å². The van der Waals surface area contributed by atoms with Gasteiger partial charge in [-0.05, 0) is 13.8 Å². The van der Waals surface area contributed by atoms with Crippen LogP contribution in [0.15, 0.2) is 12.7 Å². The Labute approximate surface area is 81.2 Å². The van der Waals surface area contributed by atoms with Crippen LogP contribution in [0.3, 0.4) is 0 Å². The van der Waals surface area contributed by atoms with Crippen LogP contribution in [-0.2, 0) is 0 Å². The molecular formula is C8H13N5O. The van der Waals surface area contributed by atoms with Crippen molar-refractivity contribution in [2.45, 2.75) is 20.0 Å². The molecule has 6 nitrogen and oxygen atoms in total.